The number of nitrogens with zero attached hydrogens (tertiary/aromatic N) is 4. The Labute approximate surface area is 160 Å². The van der Waals surface area contributed by atoms with E-state index in [1.165, 1.54) is 6.07 Å². The number of aromatic hydroxyl groups is 2. The Hall–Kier alpha value is -3.13. The number of phenols is 2. The van der Waals surface area contributed by atoms with E-state index in [2.05, 4.69) is 15.3 Å². The second-order valence-corrected chi connectivity index (χ2v) is 7.17. The van der Waals surface area contributed by atoms with E-state index in [-0.39, 0.29) is 17.4 Å². The third-order valence-corrected chi connectivity index (χ3v) is 4.94. The van der Waals surface area contributed by atoms with E-state index in [0.29, 0.717) is 16.2 Å². The van der Waals surface area contributed by atoms with Crippen LogP contribution in [0.3, 0.4) is 0 Å². The van der Waals surface area contributed by atoms with Crippen molar-refractivity contribution in [2.45, 2.75) is 19.8 Å². The summed E-state index contributed by atoms with van der Waals surface area (Å²) in [6.07, 6.45) is 1.79. The highest BCUT2D eigenvalue weighted by atomic mass is 32.1. The van der Waals surface area contributed by atoms with Gasteiger partial charge >= 0.3 is 0 Å². The summed E-state index contributed by atoms with van der Waals surface area (Å²) in [6, 6.07) is 8.96. The highest BCUT2D eigenvalue weighted by molar-refractivity contribution is 7.71. The number of hydrogen-bond donors (Lipinski definition) is 3. The van der Waals surface area contributed by atoms with Crippen molar-refractivity contribution in [3.63, 3.8) is 0 Å². The molecule has 8 heteroatoms. The average Bonchev–Trinajstić information content (AvgIpc) is 3.17. The van der Waals surface area contributed by atoms with Crippen LogP contribution in [-0.2, 0) is 7.05 Å². The zero-order chi connectivity index (χ0) is 19.3. The normalized spacial score (nSPS) is 11.6. The van der Waals surface area contributed by atoms with E-state index in [1.807, 2.05) is 39.1 Å². The first kappa shape index (κ1) is 17.3. The zero-order valence-corrected chi connectivity index (χ0v) is 15.9. The standard InChI is InChI=1S/C19H19N5O2S/c1-10(2)13-7-14(17(26)8-16(13)25)18-21-22-19(27)24(18)12-4-5-15-11(6-12)9-20-23(15)3/h4-10,25-26H,1-3H3,(H,22,27). The summed E-state index contributed by atoms with van der Waals surface area (Å²) < 4.78 is 3.97. The molecule has 0 aliphatic carbocycles. The monoisotopic (exact) mass is 381 g/mol. The molecule has 0 bridgehead atoms. The van der Waals surface area contributed by atoms with Gasteiger partial charge in [0.25, 0.3) is 0 Å². The van der Waals surface area contributed by atoms with Crippen molar-refractivity contribution >= 4 is 23.1 Å². The number of H-pyrrole nitrogens is 1. The molecule has 138 valence electrons. The van der Waals surface area contributed by atoms with Gasteiger partial charge in [-0.05, 0) is 48.0 Å². The van der Waals surface area contributed by atoms with Crippen LogP contribution in [0, 0.1) is 4.77 Å². The first-order valence-electron chi connectivity index (χ1n) is 8.52. The zero-order valence-electron chi connectivity index (χ0n) is 15.1. The lowest BCUT2D eigenvalue weighted by molar-refractivity contribution is 0.444. The molecule has 0 atom stereocenters. The van der Waals surface area contributed by atoms with Gasteiger partial charge in [0, 0.05) is 18.5 Å². The molecule has 0 saturated carbocycles. The SMILES string of the molecule is CC(C)c1cc(-c2n[nH]c(=S)n2-c2ccc3c(cnn3C)c2)c(O)cc1O. The molecule has 2 aromatic carbocycles. The van der Waals surface area contributed by atoms with Gasteiger partial charge in [-0.2, -0.15) is 10.2 Å². The lowest BCUT2D eigenvalue weighted by Gasteiger charge is -2.13. The minimum absolute atomic E-state index is 0.0590. The van der Waals surface area contributed by atoms with Gasteiger partial charge in [-0.3, -0.25) is 14.3 Å². The lowest BCUT2D eigenvalue weighted by atomic mass is 9.98. The van der Waals surface area contributed by atoms with Crippen LogP contribution in [0.4, 0.5) is 0 Å². The van der Waals surface area contributed by atoms with E-state index in [0.717, 1.165) is 22.2 Å². The van der Waals surface area contributed by atoms with Crippen molar-refractivity contribution < 1.29 is 10.2 Å². The number of aromatic nitrogens is 5. The predicted octanol–water partition coefficient (Wildman–Crippen LogP) is 4.02. The summed E-state index contributed by atoms with van der Waals surface area (Å²) in [5, 5.41) is 32.9. The minimum Gasteiger partial charge on any atom is -0.508 e. The molecule has 4 rings (SSSR count). The number of benzene rings is 2. The number of aryl methyl sites for hydroxylation is 1. The quantitative estimate of drug-likeness (QED) is 0.466. The Morgan fingerprint density at radius 2 is 1.89 bits per heavy atom. The Morgan fingerprint density at radius 3 is 2.63 bits per heavy atom. The number of aromatic amines is 1. The molecule has 2 aromatic heterocycles. The van der Waals surface area contributed by atoms with Gasteiger partial charge in [0.1, 0.15) is 11.5 Å². The van der Waals surface area contributed by atoms with Crippen molar-refractivity contribution in [1.82, 2.24) is 24.5 Å². The smallest absolute Gasteiger partial charge is 0.200 e. The molecular weight excluding hydrogens is 362 g/mol. The van der Waals surface area contributed by atoms with Gasteiger partial charge in [-0.1, -0.05) is 13.8 Å². The Morgan fingerprint density at radius 1 is 1.11 bits per heavy atom. The predicted molar refractivity (Wildman–Crippen MR) is 106 cm³/mol. The molecule has 2 heterocycles. The summed E-state index contributed by atoms with van der Waals surface area (Å²) >= 11 is 5.43. The highest BCUT2D eigenvalue weighted by Crippen LogP contribution is 2.38. The fourth-order valence-corrected chi connectivity index (χ4v) is 3.48. The van der Waals surface area contributed by atoms with E-state index in [1.54, 1.807) is 21.5 Å². The van der Waals surface area contributed by atoms with E-state index < -0.39 is 0 Å². The van der Waals surface area contributed by atoms with Crippen LogP contribution >= 0.6 is 12.2 Å². The van der Waals surface area contributed by atoms with Gasteiger partial charge in [0.15, 0.2) is 10.6 Å². The van der Waals surface area contributed by atoms with Crippen molar-refractivity contribution in [1.29, 1.82) is 0 Å². The molecular formula is C19H19N5O2S. The molecule has 0 unspecified atom stereocenters. The maximum absolute atomic E-state index is 10.4. The first-order valence-corrected chi connectivity index (χ1v) is 8.93. The van der Waals surface area contributed by atoms with Crippen molar-refractivity contribution in [3.8, 4) is 28.6 Å². The number of phenolic OH excluding ortho intramolecular Hbond substituents is 2. The summed E-state index contributed by atoms with van der Waals surface area (Å²) in [6.45, 7) is 3.95. The molecule has 3 N–H and O–H groups in total. The number of rotatable bonds is 3. The van der Waals surface area contributed by atoms with Crippen molar-refractivity contribution in [2.24, 2.45) is 7.05 Å². The summed E-state index contributed by atoms with van der Waals surface area (Å²) in [4.78, 5) is 0. The third-order valence-electron chi connectivity index (χ3n) is 4.67. The van der Waals surface area contributed by atoms with Crippen LogP contribution < -0.4 is 0 Å². The Kier molecular flexibility index (Phi) is 4.00. The molecule has 4 aromatic rings. The molecule has 7 nitrogen and oxygen atoms in total. The van der Waals surface area contributed by atoms with Crippen LogP contribution in [-0.4, -0.2) is 34.8 Å². The molecule has 0 aliphatic heterocycles. The third kappa shape index (κ3) is 2.78. The highest BCUT2D eigenvalue weighted by Gasteiger charge is 2.19. The molecule has 0 amide bonds. The molecule has 0 spiro atoms. The Balaban J connectivity index is 1.94. The van der Waals surface area contributed by atoms with E-state index in [9.17, 15) is 10.2 Å². The number of hydrogen-bond acceptors (Lipinski definition) is 5. The van der Waals surface area contributed by atoms with Crippen LogP contribution in [0.2, 0.25) is 0 Å². The van der Waals surface area contributed by atoms with E-state index in [4.69, 9.17) is 12.2 Å². The number of nitrogens with one attached hydrogen (secondary N) is 1. The molecule has 0 fully saturated rings. The van der Waals surface area contributed by atoms with Gasteiger partial charge in [-0.15, -0.1) is 0 Å². The van der Waals surface area contributed by atoms with Crippen LogP contribution in [0.1, 0.15) is 25.3 Å². The number of fused-ring (bicyclic) bond motifs is 1. The molecule has 27 heavy (non-hydrogen) atoms. The topological polar surface area (TPSA) is 91.9 Å². The summed E-state index contributed by atoms with van der Waals surface area (Å²) in [5.41, 5.74) is 3.04. The largest absolute Gasteiger partial charge is 0.508 e. The van der Waals surface area contributed by atoms with Gasteiger partial charge in [0.2, 0.25) is 0 Å². The second kappa shape index (κ2) is 6.24. The molecule has 0 saturated heterocycles. The van der Waals surface area contributed by atoms with Crippen molar-refractivity contribution in [3.05, 3.63) is 46.9 Å². The molecule has 0 aliphatic rings. The second-order valence-electron chi connectivity index (χ2n) is 6.78. The van der Waals surface area contributed by atoms with Crippen LogP contribution in [0.15, 0.2) is 36.5 Å². The maximum Gasteiger partial charge on any atom is 0.200 e. The van der Waals surface area contributed by atoms with Gasteiger partial charge < -0.3 is 10.2 Å². The first-order chi connectivity index (χ1) is 12.9. The summed E-state index contributed by atoms with van der Waals surface area (Å²) in [7, 11) is 1.89. The maximum atomic E-state index is 10.4. The Bertz CT molecular complexity index is 1220. The average molecular weight is 381 g/mol. The van der Waals surface area contributed by atoms with Crippen LogP contribution in [0.25, 0.3) is 28.0 Å². The van der Waals surface area contributed by atoms with Gasteiger partial charge in [0.05, 0.1) is 23.0 Å². The van der Waals surface area contributed by atoms with Gasteiger partial charge in [-0.25, -0.2) is 0 Å². The fraction of sp³-hybridized carbons (Fsp3) is 0.211. The van der Waals surface area contributed by atoms with Crippen molar-refractivity contribution in [2.75, 3.05) is 0 Å². The minimum atomic E-state index is -0.0606. The summed E-state index contributed by atoms with van der Waals surface area (Å²) in [5.74, 6) is 0.562. The van der Waals surface area contributed by atoms with E-state index >= 15 is 0 Å². The fourth-order valence-electron chi connectivity index (χ4n) is 3.24. The van der Waals surface area contributed by atoms with Crippen LogP contribution in [0.5, 0.6) is 11.5 Å². The molecule has 0 radical (unpaired) electrons. The lowest BCUT2D eigenvalue weighted by Crippen LogP contribution is -1.99.